The first-order valence-electron chi connectivity index (χ1n) is 8.81. The summed E-state index contributed by atoms with van der Waals surface area (Å²) < 4.78 is 8.84. The summed E-state index contributed by atoms with van der Waals surface area (Å²) in [5, 5.41) is 1.03. The van der Waals surface area contributed by atoms with Gasteiger partial charge in [-0.25, -0.2) is 9.36 Å². The van der Waals surface area contributed by atoms with Crippen molar-refractivity contribution < 1.29 is 14.1 Å². The number of methoxy groups -OCH3 is 1. The highest BCUT2D eigenvalue weighted by Crippen LogP contribution is 2.32. The van der Waals surface area contributed by atoms with Crippen molar-refractivity contribution in [1.82, 2.24) is 4.57 Å². The second-order valence-corrected chi connectivity index (χ2v) is 6.66. The van der Waals surface area contributed by atoms with E-state index in [0.29, 0.717) is 5.69 Å². The zero-order valence-electron chi connectivity index (χ0n) is 15.6. The van der Waals surface area contributed by atoms with Crippen LogP contribution in [-0.2, 0) is 18.8 Å². The first-order valence-corrected chi connectivity index (χ1v) is 8.81. The molecule has 27 heavy (non-hydrogen) atoms. The normalized spacial score (nSPS) is 10.9. The molecule has 0 aliphatic heterocycles. The Morgan fingerprint density at radius 1 is 0.926 bits per heavy atom. The van der Waals surface area contributed by atoms with Crippen molar-refractivity contribution in [3.63, 3.8) is 0 Å². The van der Waals surface area contributed by atoms with Crippen molar-refractivity contribution >= 4 is 16.9 Å². The van der Waals surface area contributed by atoms with E-state index in [9.17, 15) is 4.79 Å². The standard InChI is InChI=1S/C23H21N2O2/c1-24-14-20(19-13-21(23(26)27-3)25(2)22(19)15-24)18-11-7-10-17(12-18)16-8-5-4-6-9-16/h4-15H,1-3H3/q+1. The molecule has 0 spiro atoms. The molecule has 2 aromatic carbocycles. The second kappa shape index (κ2) is 6.72. The van der Waals surface area contributed by atoms with E-state index in [1.54, 1.807) is 0 Å². The van der Waals surface area contributed by atoms with Crippen LogP contribution in [0.15, 0.2) is 73.1 Å². The fourth-order valence-corrected chi connectivity index (χ4v) is 3.52. The van der Waals surface area contributed by atoms with E-state index in [-0.39, 0.29) is 5.97 Å². The molecule has 2 aromatic heterocycles. The first kappa shape index (κ1) is 17.0. The number of benzene rings is 2. The van der Waals surface area contributed by atoms with Crippen molar-refractivity contribution in [2.45, 2.75) is 0 Å². The van der Waals surface area contributed by atoms with Crippen LogP contribution in [-0.4, -0.2) is 17.6 Å². The van der Waals surface area contributed by atoms with Crippen LogP contribution >= 0.6 is 0 Å². The number of aromatic nitrogens is 2. The maximum absolute atomic E-state index is 12.1. The molecule has 4 rings (SSSR count). The fraction of sp³-hybridized carbons (Fsp3) is 0.130. The molecule has 0 radical (unpaired) electrons. The molecule has 0 unspecified atom stereocenters. The van der Waals surface area contributed by atoms with Crippen molar-refractivity contribution in [3.8, 4) is 22.3 Å². The Morgan fingerprint density at radius 2 is 1.63 bits per heavy atom. The lowest BCUT2D eigenvalue weighted by Crippen LogP contribution is -2.27. The van der Waals surface area contributed by atoms with Gasteiger partial charge in [-0.2, -0.15) is 0 Å². The van der Waals surface area contributed by atoms with Crippen LogP contribution in [0.5, 0.6) is 0 Å². The predicted octanol–water partition coefficient (Wildman–Crippen LogP) is 4.12. The lowest BCUT2D eigenvalue weighted by molar-refractivity contribution is -0.669. The predicted molar refractivity (Wildman–Crippen MR) is 106 cm³/mol. The van der Waals surface area contributed by atoms with Crippen LogP contribution in [0.25, 0.3) is 33.2 Å². The van der Waals surface area contributed by atoms with Gasteiger partial charge in [0.1, 0.15) is 18.3 Å². The third-order valence-electron chi connectivity index (χ3n) is 4.90. The number of hydrogen-bond donors (Lipinski definition) is 0. The second-order valence-electron chi connectivity index (χ2n) is 6.66. The lowest BCUT2D eigenvalue weighted by Gasteiger charge is -2.07. The topological polar surface area (TPSA) is 35.1 Å². The quantitative estimate of drug-likeness (QED) is 0.408. The Bertz CT molecular complexity index is 1140. The number of carbonyl (C=O) groups excluding carboxylic acids is 1. The molecule has 2 heterocycles. The number of fused-ring (bicyclic) bond motifs is 1. The number of carbonyl (C=O) groups is 1. The molecule has 0 saturated heterocycles. The minimum absolute atomic E-state index is 0.333. The average molecular weight is 357 g/mol. The summed E-state index contributed by atoms with van der Waals surface area (Å²) in [7, 11) is 5.29. The Kier molecular flexibility index (Phi) is 4.24. The SMILES string of the molecule is COC(=O)c1cc2c(-c3cccc(-c4ccccc4)c3)c[n+](C)cc2n1C. The number of pyridine rings is 1. The molecule has 0 aliphatic rings. The van der Waals surface area contributed by atoms with Crippen molar-refractivity contribution in [2.75, 3.05) is 7.11 Å². The van der Waals surface area contributed by atoms with E-state index in [1.165, 1.54) is 12.7 Å². The van der Waals surface area contributed by atoms with Crippen LogP contribution in [0.4, 0.5) is 0 Å². The van der Waals surface area contributed by atoms with Gasteiger partial charge in [0, 0.05) is 12.4 Å². The summed E-state index contributed by atoms with van der Waals surface area (Å²) in [5.74, 6) is -0.333. The molecule has 0 N–H and O–H groups in total. The third-order valence-corrected chi connectivity index (χ3v) is 4.90. The van der Waals surface area contributed by atoms with Gasteiger partial charge in [-0.3, -0.25) is 0 Å². The number of rotatable bonds is 3. The average Bonchev–Trinajstić information content (AvgIpc) is 3.04. The molecule has 134 valence electrons. The number of hydrogen-bond acceptors (Lipinski definition) is 2. The van der Waals surface area contributed by atoms with Crippen molar-refractivity contribution in [3.05, 3.63) is 78.8 Å². The Labute approximate surface area is 158 Å². The van der Waals surface area contributed by atoms with Crippen LogP contribution < -0.4 is 4.57 Å². The Morgan fingerprint density at radius 3 is 2.37 bits per heavy atom. The smallest absolute Gasteiger partial charge is 0.354 e. The molecule has 0 aliphatic carbocycles. The Balaban J connectivity index is 1.93. The molecule has 0 atom stereocenters. The van der Waals surface area contributed by atoms with Gasteiger partial charge in [-0.1, -0.05) is 48.5 Å². The molecule has 0 fully saturated rings. The highest BCUT2D eigenvalue weighted by molar-refractivity contribution is 6.01. The monoisotopic (exact) mass is 357 g/mol. The van der Waals surface area contributed by atoms with Crippen molar-refractivity contribution in [2.24, 2.45) is 14.1 Å². The highest BCUT2D eigenvalue weighted by atomic mass is 16.5. The summed E-state index contributed by atoms with van der Waals surface area (Å²) in [4.78, 5) is 12.1. The largest absolute Gasteiger partial charge is 0.464 e. The number of nitrogens with zero attached hydrogens (tertiary/aromatic N) is 2. The van der Waals surface area contributed by atoms with E-state index in [2.05, 4.69) is 42.6 Å². The molecule has 0 bridgehead atoms. The van der Waals surface area contributed by atoms with Gasteiger partial charge in [-0.05, 0) is 28.8 Å². The summed E-state index contributed by atoms with van der Waals surface area (Å²) in [6.07, 6.45) is 4.11. The Hall–Kier alpha value is -3.40. The van der Waals surface area contributed by atoms with Crippen LogP contribution in [0.2, 0.25) is 0 Å². The first-order chi connectivity index (χ1) is 13.1. The molecule has 4 nitrogen and oxygen atoms in total. The van der Waals surface area contributed by atoms with Gasteiger partial charge < -0.3 is 9.30 Å². The third kappa shape index (κ3) is 2.99. The van der Waals surface area contributed by atoms with E-state index in [1.807, 2.05) is 53.7 Å². The van der Waals surface area contributed by atoms with Gasteiger partial charge in [-0.15, -0.1) is 0 Å². The van der Waals surface area contributed by atoms with Crippen LogP contribution in [0.1, 0.15) is 10.5 Å². The fourth-order valence-electron chi connectivity index (χ4n) is 3.52. The molecular formula is C23H21N2O2+. The molecule has 4 aromatic rings. The number of aryl methyl sites for hydroxylation is 2. The van der Waals surface area contributed by atoms with Crippen molar-refractivity contribution in [1.29, 1.82) is 0 Å². The molecule has 0 amide bonds. The van der Waals surface area contributed by atoms with E-state index in [0.717, 1.165) is 27.6 Å². The molecular weight excluding hydrogens is 336 g/mol. The maximum Gasteiger partial charge on any atom is 0.354 e. The van der Waals surface area contributed by atoms with Crippen LogP contribution in [0.3, 0.4) is 0 Å². The van der Waals surface area contributed by atoms with Gasteiger partial charge in [0.15, 0.2) is 12.4 Å². The minimum Gasteiger partial charge on any atom is -0.464 e. The molecule has 4 heteroatoms. The highest BCUT2D eigenvalue weighted by Gasteiger charge is 2.19. The zero-order valence-corrected chi connectivity index (χ0v) is 15.6. The summed E-state index contributed by atoms with van der Waals surface area (Å²) in [5.41, 5.74) is 6.06. The van der Waals surface area contributed by atoms with Gasteiger partial charge in [0.2, 0.25) is 0 Å². The minimum atomic E-state index is -0.333. The summed E-state index contributed by atoms with van der Waals surface area (Å²) in [6, 6.07) is 20.7. The number of esters is 1. The molecule has 0 saturated carbocycles. The van der Waals surface area contributed by atoms with E-state index < -0.39 is 0 Å². The van der Waals surface area contributed by atoms with E-state index >= 15 is 0 Å². The number of ether oxygens (including phenoxy) is 1. The zero-order chi connectivity index (χ0) is 19.0. The van der Waals surface area contributed by atoms with Gasteiger partial charge in [0.05, 0.1) is 12.7 Å². The van der Waals surface area contributed by atoms with Gasteiger partial charge >= 0.3 is 5.97 Å². The van der Waals surface area contributed by atoms with Gasteiger partial charge in [0.25, 0.3) is 0 Å². The lowest BCUT2D eigenvalue weighted by atomic mass is 9.98. The van der Waals surface area contributed by atoms with Crippen LogP contribution in [0, 0.1) is 0 Å². The maximum atomic E-state index is 12.1. The van der Waals surface area contributed by atoms with E-state index in [4.69, 9.17) is 4.74 Å². The summed E-state index contributed by atoms with van der Waals surface area (Å²) in [6.45, 7) is 0. The summed E-state index contributed by atoms with van der Waals surface area (Å²) >= 11 is 0.